The molecule has 0 aliphatic heterocycles. The molecule has 2 atom stereocenters. The van der Waals surface area contributed by atoms with E-state index >= 15 is 4.39 Å². The highest BCUT2D eigenvalue weighted by Gasteiger charge is 2.30. The van der Waals surface area contributed by atoms with Crippen molar-refractivity contribution < 1.29 is 8.60 Å². The second-order valence-electron chi connectivity index (χ2n) is 9.53. The van der Waals surface area contributed by atoms with Crippen LogP contribution in [-0.4, -0.2) is 19.0 Å². The minimum absolute atomic E-state index is 0.0214. The predicted molar refractivity (Wildman–Crippen MR) is 122 cm³/mol. The lowest BCUT2D eigenvalue weighted by Crippen LogP contribution is -2.24. The molecule has 1 saturated carbocycles. The lowest BCUT2D eigenvalue weighted by molar-refractivity contribution is 0.349. The van der Waals surface area contributed by atoms with Crippen molar-refractivity contribution in [2.45, 2.75) is 58.4 Å². The van der Waals surface area contributed by atoms with Crippen LogP contribution in [0.25, 0.3) is 22.0 Å². The third kappa shape index (κ3) is 4.70. The Morgan fingerprint density at radius 3 is 2.71 bits per heavy atom. The van der Waals surface area contributed by atoms with Gasteiger partial charge in [-0.2, -0.15) is 5.26 Å². The molecule has 0 saturated heterocycles. The van der Waals surface area contributed by atoms with Crippen molar-refractivity contribution in [3.05, 3.63) is 53.7 Å². The van der Waals surface area contributed by atoms with E-state index in [2.05, 4.69) is 41.1 Å². The first-order valence-electron chi connectivity index (χ1n) is 10.5. The van der Waals surface area contributed by atoms with Gasteiger partial charge in [0.2, 0.25) is 0 Å². The maximum Gasteiger partial charge on any atom is 0.131 e. The number of nitrogens with zero attached hydrogens (tertiary/aromatic N) is 3. The molecule has 1 fully saturated rings. The summed E-state index contributed by atoms with van der Waals surface area (Å²) in [5, 5.41) is 10.2. The molecule has 0 spiro atoms. The first kappa shape index (κ1) is 21.7. The van der Waals surface area contributed by atoms with Crippen LogP contribution in [0.4, 0.5) is 4.39 Å². The monoisotopic (exact) mass is 438 g/mol. The Hall–Kier alpha value is -2.56. The Morgan fingerprint density at radius 1 is 1.32 bits per heavy atom. The van der Waals surface area contributed by atoms with Gasteiger partial charge in [-0.1, -0.05) is 20.8 Å². The molecule has 5 nitrogen and oxygen atoms in total. The van der Waals surface area contributed by atoms with Crippen LogP contribution in [0.5, 0.6) is 0 Å². The fourth-order valence-corrected chi connectivity index (χ4v) is 5.04. The lowest BCUT2D eigenvalue weighted by Gasteiger charge is -2.20. The number of aromatic nitrogens is 2. The van der Waals surface area contributed by atoms with E-state index in [1.165, 1.54) is 6.20 Å². The highest BCUT2D eigenvalue weighted by molar-refractivity contribution is 7.84. The number of nitrogens with one attached hydrogen (secondary N) is 1. The Morgan fingerprint density at radius 2 is 2.06 bits per heavy atom. The Balaban J connectivity index is 1.83. The summed E-state index contributed by atoms with van der Waals surface area (Å²) in [6, 6.07) is 6.93. The molecule has 1 aromatic carbocycles. The van der Waals surface area contributed by atoms with Crippen molar-refractivity contribution in [1.29, 1.82) is 5.26 Å². The van der Waals surface area contributed by atoms with Crippen LogP contribution in [-0.2, 0) is 17.5 Å². The van der Waals surface area contributed by atoms with Crippen LogP contribution in [0.1, 0.15) is 57.7 Å². The molecule has 2 aromatic heterocycles. The maximum atomic E-state index is 15.2. The Labute approximate surface area is 184 Å². The van der Waals surface area contributed by atoms with Crippen LogP contribution in [0.3, 0.4) is 0 Å². The Bertz CT molecular complexity index is 1200. The molecule has 0 radical (unpaired) electrons. The molecule has 1 N–H and O–H groups in total. The molecule has 0 amide bonds. The molecule has 0 bridgehead atoms. The average molecular weight is 439 g/mol. The summed E-state index contributed by atoms with van der Waals surface area (Å²) in [7, 11) is -1.08. The molecule has 7 heteroatoms. The predicted octanol–water partition coefficient (Wildman–Crippen LogP) is 5.24. The van der Waals surface area contributed by atoms with Crippen LogP contribution in [0, 0.1) is 22.6 Å². The zero-order valence-electron chi connectivity index (χ0n) is 18.3. The lowest BCUT2D eigenvalue weighted by atomic mass is 9.96. The van der Waals surface area contributed by atoms with Gasteiger partial charge < -0.3 is 4.57 Å². The van der Waals surface area contributed by atoms with E-state index in [0.717, 1.165) is 35.9 Å². The van der Waals surface area contributed by atoms with Crippen molar-refractivity contribution in [3.63, 3.8) is 0 Å². The molecular formula is C24H27FN4OS. The van der Waals surface area contributed by atoms with Crippen LogP contribution >= 0.6 is 0 Å². The van der Waals surface area contributed by atoms with Gasteiger partial charge in [0.1, 0.15) is 11.9 Å². The van der Waals surface area contributed by atoms with Crippen molar-refractivity contribution >= 4 is 21.9 Å². The van der Waals surface area contributed by atoms with Gasteiger partial charge in [0.15, 0.2) is 0 Å². The number of pyridine rings is 1. The SMILES string of the molecule is CC(NS(=O)C1CC1)c1cn(CC(C)(C)C)c2cc(-c3cncc(C#N)c3)c(F)cc12. The molecule has 31 heavy (non-hydrogen) atoms. The second-order valence-corrected chi connectivity index (χ2v) is 11.0. The third-order valence-electron chi connectivity index (χ3n) is 5.41. The minimum Gasteiger partial charge on any atom is -0.347 e. The van der Waals surface area contributed by atoms with Gasteiger partial charge in [0.25, 0.3) is 0 Å². The molecule has 3 aromatic rings. The molecule has 4 rings (SSSR count). The molecule has 1 aliphatic carbocycles. The third-order valence-corrected chi connectivity index (χ3v) is 7.07. The number of hydrogen-bond donors (Lipinski definition) is 1. The van der Waals surface area contributed by atoms with E-state index in [-0.39, 0.29) is 22.5 Å². The Kier molecular flexibility index (Phi) is 5.71. The van der Waals surface area contributed by atoms with Crippen molar-refractivity contribution in [2.75, 3.05) is 0 Å². The normalized spacial score (nSPS) is 16.3. The number of halogens is 1. The van der Waals surface area contributed by atoms with E-state index in [4.69, 9.17) is 0 Å². The van der Waals surface area contributed by atoms with Crippen LogP contribution in [0.2, 0.25) is 0 Å². The van der Waals surface area contributed by atoms with Crippen molar-refractivity contribution in [1.82, 2.24) is 14.3 Å². The van der Waals surface area contributed by atoms with Gasteiger partial charge in [-0.05, 0) is 48.9 Å². The summed E-state index contributed by atoms with van der Waals surface area (Å²) in [6.07, 6.45) is 7.07. The average Bonchev–Trinajstić information content (AvgIpc) is 3.50. The highest BCUT2D eigenvalue weighted by atomic mass is 32.2. The number of rotatable bonds is 6. The van der Waals surface area contributed by atoms with E-state index in [0.29, 0.717) is 16.7 Å². The number of benzene rings is 1. The molecule has 1 aliphatic rings. The van der Waals surface area contributed by atoms with Crippen LogP contribution < -0.4 is 4.72 Å². The van der Waals surface area contributed by atoms with Crippen molar-refractivity contribution in [3.8, 4) is 17.2 Å². The van der Waals surface area contributed by atoms with Crippen LogP contribution in [0.15, 0.2) is 36.8 Å². The van der Waals surface area contributed by atoms with Gasteiger partial charge in [0, 0.05) is 58.5 Å². The van der Waals surface area contributed by atoms with Gasteiger partial charge in [-0.3, -0.25) is 4.98 Å². The largest absolute Gasteiger partial charge is 0.347 e. The summed E-state index contributed by atoms with van der Waals surface area (Å²) in [4.78, 5) is 4.08. The van der Waals surface area contributed by atoms with Gasteiger partial charge >= 0.3 is 0 Å². The summed E-state index contributed by atoms with van der Waals surface area (Å²) in [6.45, 7) is 9.21. The van der Waals surface area contributed by atoms with E-state index in [1.807, 2.05) is 19.2 Å². The van der Waals surface area contributed by atoms with Gasteiger partial charge in [0.05, 0.1) is 16.5 Å². The highest BCUT2D eigenvalue weighted by Crippen LogP contribution is 2.35. The first-order chi connectivity index (χ1) is 14.7. The first-order valence-corrected chi connectivity index (χ1v) is 11.7. The number of hydrogen-bond acceptors (Lipinski definition) is 3. The van der Waals surface area contributed by atoms with E-state index in [9.17, 15) is 9.47 Å². The molecule has 2 unspecified atom stereocenters. The molecular weight excluding hydrogens is 411 g/mol. The number of fused-ring (bicyclic) bond motifs is 1. The fraction of sp³-hybridized carbons (Fsp3) is 0.417. The maximum absolute atomic E-state index is 15.2. The van der Waals surface area contributed by atoms with E-state index in [1.54, 1.807) is 18.3 Å². The van der Waals surface area contributed by atoms with E-state index < -0.39 is 11.0 Å². The van der Waals surface area contributed by atoms with Crippen molar-refractivity contribution in [2.24, 2.45) is 5.41 Å². The topological polar surface area (TPSA) is 70.7 Å². The molecule has 162 valence electrons. The quantitative estimate of drug-likeness (QED) is 0.572. The summed E-state index contributed by atoms with van der Waals surface area (Å²) >= 11 is 0. The standard InChI is InChI=1S/C24H27FN4OS/c1-15(28-31(30)18-5-6-18)21-13-29(14-24(2,3)4)23-9-19(22(25)8-20(21)23)17-7-16(10-26)11-27-12-17/h7-9,11-13,15,18,28H,5-6,14H2,1-4H3. The molecule has 2 heterocycles. The van der Waals surface area contributed by atoms with Gasteiger partial charge in [-0.15, -0.1) is 0 Å². The zero-order chi connectivity index (χ0) is 22.3. The fourth-order valence-electron chi connectivity index (χ4n) is 3.81. The van der Waals surface area contributed by atoms with Gasteiger partial charge in [-0.25, -0.2) is 13.3 Å². The summed E-state index contributed by atoms with van der Waals surface area (Å²) in [5.74, 6) is -0.366. The summed E-state index contributed by atoms with van der Waals surface area (Å²) < 4.78 is 33.0. The second kappa shape index (κ2) is 8.18. The summed E-state index contributed by atoms with van der Waals surface area (Å²) in [5.41, 5.74) is 3.25. The number of nitriles is 1. The smallest absolute Gasteiger partial charge is 0.131 e. The zero-order valence-corrected chi connectivity index (χ0v) is 19.1. The minimum atomic E-state index is -1.08.